The molecule has 1 aliphatic heterocycles. The highest BCUT2D eigenvalue weighted by Gasteiger charge is 2.15. The molecule has 1 aliphatic rings. The van der Waals surface area contributed by atoms with Crippen LogP contribution in [0.2, 0.25) is 0 Å². The van der Waals surface area contributed by atoms with Crippen LogP contribution in [-0.4, -0.2) is 17.9 Å². The van der Waals surface area contributed by atoms with Gasteiger partial charge in [-0.15, -0.1) is 0 Å². The molecule has 2 N–H and O–H groups in total. The number of benzene rings is 1. The Balaban J connectivity index is 2.35. The Labute approximate surface area is 84.8 Å². The molecule has 0 saturated carbocycles. The lowest BCUT2D eigenvalue weighted by Gasteiger charge is -2.08. The lowest BCUT2D eigenvalue weighted by Crippen LogP contribution is -2.31. The maximum absolute atomic E-state index is 9.30. The van der Waals surface area contributed by atoms with Gasteiger partial charge in [-0.1, -0.05) is 12.1 Å². The summed E-state index contributed by atoms with van der Waals surface area (Å²) >= 11 is 3.40. The molecule has 70 valence electrons. The number of rotatable bonds is 0. The fourth-order valence-corrected chi connectivity index (χ4v) is 1.83. The van der Waals surface area contributed by atoms with Crippen LogP contribution in [0.5, 0.6) is 5.75 Å². The van der Waals surface area contributed by atoms with Gasteiger partial charge in [0.2, 0.25) is 0 Å². The molecule has 4 heteroatoms. The highest BCUT2D eigenvalue weighted by atomic mass is 79.9. The summed E-state index contributed by atoms with van der Waals surface area (Å²) in [5.41, 5.74) is 1.06. The molecule has 0 spiro atoms. The Morgan fingerprint density at radius 3 is 3.23 bits per heavy atom. The van der Waals surface area contributed by atoms with Gasteiger partial charge in [-0.25, -0.2) is 0 Å². The first-order valence-corrected chi connectivity index (χ1v) is 4.88. The van der Waals surface area contributed by atoms with E-state index >= 15 is 0 Å². The van der Waals surface area contributed by atoms with Gasteiger partial charge in [-0.2, -0.15) is 0 Å². The van der Waals surface area contributed by atoms with Gasteiger partial charge in [0, 0.05) is 12.1 Å². The monoisotopic (exact) mass is 243 g/mol. The smallest absolute Gasteiger partial charge is 0.139 e. The molecular formula is C9H10BrNO2. The summed E-state index contributed by atoms with van der Waals surface area (Å²) < 4.78 is 6.36. The molecule has 0 amide bonds. The molecule has 0 aliphatic carbocycles. The Morgan fingerprint density at radius 1 is 1.54 bits per heavy atom. The Hall–Kier alpha value is -0.580. The fourth-order valence-electron chi connectivity index (χ4n) is 1.30. The van der Waals surface area contributed by atoms with Gasteiger partial charge in [0.1, 0.15) is 18.6 Å². The van der Waals surface area contributed by atoms with Crippen LogP contribution in [0.15, 0.2) is 22.7 Å². The quantitative estimate of drug-likeness (QED) is 0.721. The standard InChI is InChI=1S/C9H10BrNO2/c10-7-3-1-2-6-4-11-8(12)5-13-9(6)7/h1-3,8,11-12H,4-5H2. The number of fused-ring (bicyclic) bond motifs is 1. The Kier molecular flexibility index (Phi) is 2.53. The Bertz CT molecular complexity index is 316. The zero-order valence-corrected chi connectivity index (χ0v) is 8.54. The molecule has 0 radical (unpaired) electrons. The van der Waals surface area contributed by atoms with Crippen molar-refractivity contribution in [2.45, 2.75) is 12.8 Å². The molecule has 1 atom stereocenters. The van der Waals surface area contributed by atoms with Gasteiger partial charge >= 0.3 is 0 Å². The van der Waals surface area contributed by atoms with E-state index in [0.717, 1.165) is 15.8 Å². The number of hydrogen-bond donors (Lipinski definition) is 2. The van der Waals surface area contributed by atoms with Crippen LogP contribution in [0.1, 0.15) is 5.56 Å². The van der Waals surface area contributed by atoms with E-state index in [-0.39, 0.29) is 6.61 Å². The molecule has 1 unspecified atom stereocenters. The van der Waals surface area contributed by atoms with E-state index in [0.29, 0.717) is 6.54 Å². The molecule has 0 bridgehead atoms. The summed E-state index contributed by atoms with van der Waals surface area (Å²) in [6, 6.07) is 5.85. The zero-order valence-electron chi connectivity index (χ0n) is 6.96. The van der Waals surface area contributed by atoms with Crippen LogP contribution in [0.4, 0.5) is 0 Å². The molecular weight excluding hydrogens is 234 g/mol. The van der Waals surface area contributed by atoms with E-state index in [9.17, 15) is 5.11 Å². The van der Waals surface area contributed by atoms with Crippen molar-refractivity contribution in [1.29, 1.82) is 0 Å². The van der Waals surface area contributed by atoms with E-state index < -0.39 is 6.23 Å². The first kappa shape index (κ1) is 8.99. The van der Waals surface area contributed by atoms with Crippen LogP contribution in [0.25, 0.3) is 0 Å². The van der Waals surface area contributed by atoms with Gasteiger partial charge in [-0.05, 0) is 22.0 Å². The summed E-state index contributed by atoms with van der Waals surface area (Å²) in [6.45, 7) is 0.922. The maximum Gasteiger partial charge on any atom is 0.139 e. The number of aliphatic hydroxyl groups is 1. The molecule has 0 fully saturated rings. The summed E-state index contributed by atoms with van der Waals surface area (Å²) in [7, 11) is 0. The third kappa shape index (κ3) is 1.85. The third-order valence-corrected chi connectivity index (χ3v) is 2.59. The van der Waals surface area contributed by atoms with Crippen molar-refractivity contribution in [3.63, 3.8) is 0 Å². The number of halogens is 1. The predicted molar refractivity (Wildman–Crippen MR) is 52.5 cm³/mol. The highest BCUT2D eigenvalue weighted by Crippen LogP contribution is 2.30. The van der Waals surface area contributed by atoms with Crippen molar-refractivity contribution in [3.8, 4) is 5.75 Å². The van der Waals surface area contributed by atoms with Gasteiger partial charge in [0.05, 0.1) is 4.47 Å². The van der Waals surface area contributed by atoms with Gasteiger partial charge < -0.3 is 9.84 Å². The first-order valence-electron chi connectivity index (χ1n) is 4.09. The van der Waals surface area contributed by atoms with E-state index in [4.69, 9.17) is 4.74 Å². The van der Waals surface area contributed by atoms with Crippen LogP contribution in [0.3, 0.4) is 0 Å². The zero-order chi connectivity index (χ0) is 9.26. The largest absolute Gasteiger partial charge is 0.488 e. The lowest BCUT2D eigenvalue weighted by atomic mass is 10.2. The van der Waals surface area contributed by atoms with Crippen molar-refractivity contribution in [1.82, 2.24) is 5.32 Å². The third-order valence-electron chi connectivity index (χ3n) is 1.96. The van der Waals surface area contributed by atoms with Crippen molar-refractivity contribution in [2.75, 3.05) is 6.61 Å². The van der Waals surface area contributed by atoms with E-state index in [1.54, 1.807) is 0 Å². The second kappa shape index (κ2) is 3.65. The van der Waals surface area contributed by atoms with Crippen LogP contribution in [0, 0.1) is 0 Å². The van der Waals surface area contributed by atoms with Crippen LogP contribution in [-0.2, 0) is 6.54 Å². The second-order valence-electron chi connectivity index (χ2n) is 2.94. The minimum atomic E-state index is -0.584. The van der Waals surface area contributed by atoms with Crippen molar-refractivity contribution < 1.29 is 9.84 Å². The summed E-state index contributed by atoms with van der Waals surface area (Å²) in [5.74, 6) is 0.826. The van der Waals surface area contributed by atoms with Crippen LogP contribution >= 0.6 is 15.9 Å². The highest BCUT2D eigenvalue weighted by molar-refractivity contribution is 9.10. The first-order chi connectivity index (χ1) is 6.27. The molecule has 13 heavy (non-hydrogen) atoms. The molecule has 0 aromatic heterocycles. The fraction of sp³-hybridized carbons (Fsp3) is 0.333. The number of ether oxygens (including phenoxy) is 1. The van der Waals surface area contributed by atoms with Crippen LogP contribution < -0.4 is 10.1 Å². The average Bonchev–Trinajstić information content (AvgIpc) is 2.30. The topological polar surface area (TPSA) is 41.5 Å². The second-order valence-corrected chi connectivity index (χ2v) is 3.79. The van der Waals surface area contributed by atoms with Crippen molar-refractivity contribution in [3.05, 3.63) is 28.2 Å². The average molecular weight is 244 g/mol. The van der Waals surface area contributed by atoms with Gasteiger partial charge in [0.25, 0.3) is 0 Å². The number of aliphatic hydroxyl groups excluding tert-OH is 1. The van der Waals surface area contributed by atoms with E-state index in [1.807, 2.05) is 18.2 Å². The van der Waals surface area contributed by atoms with Crippen molar-refractivity contribution in [2.24, 2.45) is 0 Å². The maximum atomic E-state index is 9.30. The summed E-state index contributed by atoms with van der Waals surface area (Å²) in [4.78, 5) is 0. The Morgan fingerprint density at radius 2 is 2.38 bits per heavy atom. The molecule has 1 aromatic rings. The lowest BCUT2D eigenvalue weighted by molar-refractivity contribution is 0.0853. The van der Waals surface area contributed by atoms with Crippen molar-refractivity contribution >= 4 is 15.9 Å². The van der Waals surface area contributed by atoms with E-state index in [1.165, 1.54) is 0 Å². The molecule has 1 heterocycles. The molecule has 1 aromatic carbocycles. The van der Waals surface area contributed by atoms with E-state index in [2.05, 4.69) is 21.2 Å². The summed E-state index contributed by atoms with van der Waals surface area (Å²) in [5, 5.41) is 12.2. The molecule has 3 nitrogen and oxygen atoms in total. The molecule has 2 rings (SSSR count). The summed E-state index contributed by atoms with van der Waals surface area (Å²) in [6.07, 6.45) is -0.584. The minimum Gasteiger partial charge on any atom is -0.488 e. The number of para-hydroxylation sites is 1. The SMILES string of the molecule is OC1COc2c(Br)cccc2CN1. The normalized spacial score (nSPS) is 21.5. The number of nitrogens with one attached hydrogen (secondary N) is 1. The van der Waals surface area contributed by atoms with Gasteiger partial charge in [0.15, 0.2) is 0 Å². The van der Waals surface area contributed by atoms with Gasteiger partial charge in [-0.3, -0.25) is 5.32 Å². The number of hydrogen-bond acceptors (Lipinski definition) is 3. The predicted octanol–water partition coefficient (Wildman–Crippen LogP) is 1.25. The molecule has 0 saturated heterocycles. The minimum absolute atomic E-state index is 0.287.